The fourth-order valence-corrected chi connectivity index (χ4v) is 3.45. The average molecular weight is 315 g/mol. The van der Waals surface area contributed by atoms with Crippen molar-refractivity contribution in [1.82, 2.24) is 0 Å². The molecule has 0 aliphatic heterocycles. The predicted molar refractivity (Wildman–Crippen MR) is 76.7 cm³/mol. The van der Waals surface area contributed by atoms with Crippen molar-refractivity contribution in [2.75, 3.05) is 19.7 Å². The van der Waals surface area contributed by atoms with E-state index < -0.39 is 0 Å². The van der Waals surface area contributed by atoms with Crippen LogP contribution < -0.4 is 4.90 Å². The summed E-state index contributed by atoms with van der Waals surface area (Å²) in [7, 11) is 0. The minimum absolute atomic E-state index is 0.264. The van der Waals surface area contributed by atoms with Crippen LogP contribution in [0.3, 0.4) is 0 Å². The van der Waals surface area contributed by atoms with E-state index in [0.717, 1.165) is 24.1 Å². The lowest BCUT2D eigenvalue weighted by atomic mass is 10.2. The third-order valence-corrected chi connectivity index (χ3v) is 4.53. The van der Waals surface area contributed by atoms with Crippen molar-refractivity contribution in [3.63, 3.8) is 0 Å². The Balaban J connectivity index is 2.18. The highest BCUT2D eigenvalue weighted by Gasteiger charge is 2.09. The van der Waals surface area contributed by atoms with Crippen LogP contribution in [-0.2, 0) is 6.54 Å². The fraction of sp³-hybridized carbons (Fsp3) is 0.385. The number of halogens is 1. The van der Waals surface area contributed by atoms with E-state index in [-0.39, 0.29) is 6.61 Å². The number of rotatable bonds is 5. The molecular formula is C13H17BrNOS+. The number of hydrogen-bond donors (Lipinski definition) is 2. The lowest BCUT2D eigenvalue weighted by Crippen LogP contribution is -3.10. The maximum Gasteiger partial charge on any atom is 0.112 e. The molecule has 1 heterocycles. The summed E-state index contributed by atoms with van der Waals surface area (Å²) >= 11 is 5.35. The Morgan fingerprint density at radius 2 is 2.18 bits per heavy atom. The molecule has 2 rings (SSSR count). The van der Waals surface area contributed by atoms with Gasteiger partial charge in [-0.25, -0.2) is 0 Å². The topological polar surface area (TPSA) is 24.7 Å². The van der Waals surface area contributed by atoms with Crippen LogP contribution in [0.4, 0.5) is 0 Å². The second kappa shape index (κ2) is 5.96. The molecule has 0 amide bonds. The zero-order chi connectivity index (χ0) is 12.3. The Hall–Kier alpha value is -0.420. The lowest BCUT2D eigenvalue weighted by molar-refractivity contribution is -0.912. The van der Waals surface area contributed by atoms with Crippen LogP contribution in [-0.4, -0.2) is 24.8 Å². The zero-order valence-electron chi connectivity index (χ0n) is 9.87. The molecule has 0 bridgehead atoms. The molecule has 0 aliphatic carbocycles. The molecule has 0 aliphatic rings. The van der Waals surface area contributed by atoms with Gasteiger partial charge >= 0.3 is 0 Å². The molecule has 2 N–H and O–H groups in total. The quantitative estimate of drug-likeness (QED) is 0.867. The van der Waals surface area contributed by atoms with E-state index in [1.807, 2.05) is 11.3 Å². The van der Waals surface area contributed by atoms with Gasteiger partial charge in [-0.1, -0.05) is 15.9 Å². The Kier molecular flexibility index (Phi) is 4.56. The van der Waals surface area contributed by atoms with Gasteiger partial charge in [0.05, 0.1) is 18.0 Å². The smallest absolute Gasteiger partial charge is 0.112 e. The number of aliphatic hydroxyl groups is 1. The van der Waals surface area contributed by atoms with Gasteiger partial charge in [0.1, 0.15) is 13.1 Å². The first-order chi connectivity index (χ1) is 8.22. The number of hydrogen-bond acceptors (Lipinski definition) is 2. The molecule has 0 fully saturated rings. The second-order valence-electron chi connectivity index (χ2n) is 4.15. The molecule has 4 heteroatoms. The lowest BCUT2D eigenvalue weighted by Gasteiger charge is -2.14. The molecule has 1 aromatic carbocycles. The van der Waals surface area contributed by atoms with Crippen molar-refractivity contribution in [3.05, 3.63) is 33.6 Å². The van der Waals surface area contributed by atoms with Crippen LogP contribution in [0.25, 0.3) is 10.1 Å². The SMILES string of the molecule is CC[NH+](CCO)Cc1cc2cc(Br)ccc2s1. The minimum atomic E-state index is 0.264. The van der Waals surface area contributed by atoms with Crippen molar-refractivity contribution in [1.29, 1.82) is 0 Å². The average Bonchev–Trinajstić information content (AvgIpc) is 2.69. The van der Waals surface area contributed by atoms with Crippen molar-refractivity contribution < 1.29 is 10.0 Å². The van der Waals surface area contributed by atoms with E-state index >= 15 is 0 Å². The van der Waals surface area contributed by atoms with Crippen LogP contribution in [0.5, 0.6) is 0 Å². The van der Waals surface area contributed by atoms with Crippen LogP contribution in [0.1, 0.15) is 11.8 Å². The zero-order valence-corrected chi connectivity index (χ0v) is 12.3. The van der Waals surface area contributed by atoms with Gasteiger partial charge in [-0.2, -0.15) is 0 Å². The highest BCUT2D eigenvalue weighted by atomic mass is 79.9. The molecule has 2 aromatic rings. The number of aliphatic hydroxyl groups excluding tert-OH is 1. The molecule has 0 radical (unpaired) electrons. The molecule has 1 atom stereocenters. The monoisotopic (exact) mass is 314 g/mol. The molecule has 0 saturated heterocycles. The maximum atomic E-state index is 9.00. The van der Waals surface area contributed by atoms with Gasteiger partial charge in [0, 0.05) is 9.17 Å². The Morgan fingerprint density at radius 1 is 1.35 bits per heavy atom. The third-order valence-electron chi connectivity index (χ3n) is 2.92. The minimum Gasteiger partial charge on any atom is -0.391 e. The molecule has 1 aromatic heterocycles. The molecule has 17 heavy (non-hydrogen) atoms. The van der Waals surface area contributed by atoms with Crippen LogP contribution in [0.2, 0.25) is 0 Å². The summed E-state index contributed by atoms with van der Waals surface area (Å²) in [4.78, 5) is 2.82. The number of fused-ring (bicyclic) bond motifs is 1. The summed E-state index contributed by atoms with van der Waals surface area (Å²) in [6.45, 7) is 5.31. The number of quaternary nitrogens is 1. The van der Waals surface area contributed by atoms with Crippen molar-refractivity contribution in [2.45, 2.75) is 13.5 Å². The van der Waals surface area contributed by atoms with Crippen LogP contribution in [0, 0.1) is 0 Å². The predicted octanol–water partition coefficient (Wildman–Crippen LogP) is 2.06. The molecule has 2 nitrogen and oxygen atoms in total. The van der Waals surface area contributed by atoms with Crippen LogP contribution >= 0.6 is 27.3 Å². The van der Waals surface area contributed by atoms with Gasteiger partial charge in [0.2, 0.25) is 0 Å². The fourth-order valence-electron chi connectivity index (χ4n) is 1.95. The highest BCUT2D eigenvalue weighted by Crippen LogP contribution is 2.27. The maximum absolute atomic E-state index is 9.00. The Bertz CT molecular complexity index is 497. The molecule has 1 unspecified atom stereocenters. The summed E-state index contributed by atoms with van der Waals surface area (Å²) in [6, 6.07) is 8.66. The van der Waals surface area contributed by atoms with E-state index in [2.05, 4.69) is 47.1 Å². The summed E-state index contributed by atoms with van der Waals surface area (Å²) in [5, 5.41) is 10.3. The summed E-state index contributed by atoms with van der Waals surface area (Å²) in [5.41, 5.74) is 0. The molecule has 92 valence electrons. The van der Waals surface area contributed by atoms with Crippen molar-refractivity contribution in [2.24, 2.45) is 0 Å². The number of nitrogens with one attached hydrogen (secondary N) is 1. The summed E-state index contributed by atoms with van der Waals surface area (Å²) in [5.74, 6) is 0. The Labute approximate surface area is 114 Å². The number of likely N-dealkylation sites (N-methyl/N-ethyl adjacent to an activating group) is 1. The van der Waals surface area contributed by atoms with E-state index in [1.54, 1.807) is 0 Å². The molecule has 0 saturated carbocycles. The third kappa shape index (κ3) is 3.28. The van der Waals surface area contributed by atoms with Gasteiger partial charge in [-0.05, 0) is 36.6 Å². The first-order valence-corrected chi connectivity index (χ1v) is 7.46. The van der Waals surface area contributed by atoms with E-state index in [9.17, 15) is 0 Å². The first kappa shape index (κ1) is 13.0. The van der Waals surface area contributed by atoms with Gasteiger partial charge in [0.15, 0.2) is 0 Å². The van der Waals surface area contributed by atoms with Crippen molar-refractivity contribution in [3.8, 4) is 0 Å². The largest absolute Gasteiger partial charge is 0.391 e. The number of thiophene rings is 1. The van der Waals surface area contributed by atoms with E-state index in [4.69, 9.17) is 5.11 Å². The second-order valence-corrected chi connectivity index (χ2v) is 6.23. The highest BCUT2D eigenvalue weighted by molar-refractivity contribution is 9.10. The van der Waals surface area contributed by atoms with E-state index in [1.165, 1.54) is 19.9 Å². The molecule has 0 spiro atoms. The first-order valence-electron chi connectivity index (χ1n) is 5.85. The van der Waals surface area contributed by atoms with Crippen LogP contribution in [0.15, 0.2) is 28.7 Å². The molecular weight excluding hydrogens is 298 g/mol. The number of benzene rings is 1. The Morgan fingerprint density at radius 3 is 2.88 bits per heavy atom. The van der Waals surface area contributed by atoms with E-state index in [0.29, 0.717) is 0 Å². The van der Waals surface area contributed by atoms with Gasteiger partial charge in [-0.3, -0.25) is 0 Å². The summed E-state index contributed by atoms with van der Waals surface area (Å²) < 4.78 is 2.46. The summed E-state index contributed by atoms with van der Waals surface area (Å²) in [6.07, 6.45) is 0. The standard InChI is InChI=1S/C13H16BrNOS/c1-2-15(5-6-16)9-12-8-10-7-11(14)3-4-13(10)17-12/h3-4,7-8,16H,2,5-6,9H2,1H3/p+1. The van der Waals surface area contributed by atoms with Gasteiger partial charge in [0.25, 0.3) is 0 Å². The van der Waals surface area contributed by atoms with Gasteiger partial charge < -0.3 is 10.0 Å². The van der Waals surface area contributed by atoms with Gasteiger partial charge in [-0.15, -0.1) is 11.3 Å². The normalized spacial score (nSPS) is 13.1. The van der Waals surface area contributed by atoms with Crippen molar-refractivity contribution >= 4 is 37.4 Å².